The van der Waals surface area contributed by atoms with Gasteiger partial charge in [-0.2, -0.15) is 0 Å². The number of aryl methyl sites for hydroxylation is 1. The van der Waals surface area contributed by atoms with Crippen LogP contribution in [0.4, 0.5) is 11.4 Å². The number of nitrogens with one attached hydrogen (secondary N) is 1. The molecule has 0 saturated carbocycles. The maximum atomic E-state index is 8.78. The van der Waals surface area contributed by atoms with E-state index in [2.05, 4.69) is 19.2 Å². The molecular formula is C12H20N2O. The summed E-state index contributed by atoms with van der Waals surface area (Å²) in [4.78, 5) is 0. The SMILES string of the molecule is Cc1ccc(N)cc1NCC(C)CCO. The summed E-state index contributed by atoms with van der Waals surface area (Å²) in [6.45, 7) is 5.28. The lowest BCUT2D eigenvalue weighted by Crippen LogP contribution is -2.13. The highest BCUT2D eigenvalue weighted by molar-refractivity contribution is 5.59. The Morgan fingerprint density at radius 3 is 2.87 bits per heavy atom. The molecule has 0 aromatic heterocycles. The Morgan fingerprint density at radius 2 is 2.20 bits per heavy atom. The average molecular weight is 208 g/mol. The molecule has 0 radical (unpaired) electrons. The fourth-order valence-electron chi connectivity index (χ4n) is 1.44. The number of nitrogens with two attached hydrogens (primary N) is 1. The van der Waals surface area contributed by atoms with E-state index in [0.717, 1.165) is 24.3 Å². The maximum Gasteiger partial charge on any atom is 0.0434 e. The fraction of sp³-hybridized carbons (Fsp3) is 0.500. The van der Waals surface area contributed by atoms with E-state index in [9.17, 15) is 0 Å². The molecule has 3 nitrogen and oxygen atoms in total. The van der Waals surface area contributed by atoms with Crippen molar-refractivity contribution in [1.29, 1.82) is 0 Å². The largest absolute Gasteiger partial charge is 0.399 e. The van der Waals surface area contributed by atoms with Crippen molar-refractivity contribution in [3.05, 3.63) is 23.8 Å². The van der Waals surface area contributed by atoms with Gasteiger partial charge in [-0.1, -0.05) is 13.0 Å². The van der Waals surface area contributed by atoms with E-state index in [1.807, 2.05) is 18.2 Å². The lowest BCUT2D eigenvalue weighted by Gasteiger charge is -2.14. The predicted octanol–water partition coefficient (Wildman–Crippen LogP) is 2.01. The molecule has 1 aromatic rings. The second-order valence-corrected chi connectivity index (χ2v) is 4.07. The highest BCUT2D eigenvalue weighted by Gasteiger charge is 2.02. The molecule has 0 amide bonds. The molecule has 15 heavy (non-hydrogen) atoms. The van der Waals surface area contributed by atoms with E-state index < -0.39 is 0 Å². The zero-order valence-electron chi connectivity index (χ0n) is 9.46. The van der Waals surface area contributed by atoms with Gasteiger partial charge in [0.2, 0.25) is 0 Å². The number of benzene rings is 1. The van der Waals surface area contributed by atoms with Gasteiger partial charge in [0.1, 0.15) is 0 Å². The first-order chi connectivity index (χ1) is 7.13. The third-order valence-corrected chi connectivity index (χ3v) is 2.52. The molecule has 0 aliphatic carbocycles. The Bertz CT molecular complexity index is 312. The molecule has 1 atom stereocenters. The molecular weight excluding hydrogens is 188 g/mol. The lowest BCUT2D eigenvalue weighted by molar-refractivity contribution is 0.266. The van der Waals surface area contributed by atoms with Crippen LogP contribution in [0.2, 0.25) is 0 Å². The van der Waals surface area contributed by atoms with E-state index in [1.165, 1.54) is 5.56 Å². The first kappa shape index (κ1) is 11.9. The van der Waals surface area contributed by atoms with Gasteiger partial charge in [0, 0.05) is 24.5 Å². The molecule has 3 heteroatoms. The van der Waals surface area contributed by atoms with Crippen LogP contribution in [0.25, 0.3) is 0 Å². The summed E-state index contributed by atoms with van der Waals surface area (Å²) in [6, 6.07) is 5.85. The topological polar surface area (TPSA) is 58.3 Å². The Balaban J connectivity index is 2.53. The minimum absolute atomic E-state index is 0.249. The maximum absolute atomic E-state index is 8.78. The molecule has 0 aliphatic rings. The van der Waals surface area contributed by atoms with Gasteiger partial charge in [0.05, 0.1) is 0 Å². The lowest BCUT2D eigenvalue weighted by atomic mass is 10.1. The average Bonchev–Trinajstić information content (AvgIpc) is 2.20. The quantitative estimate of drug-likeness (QED) is 0.649. The molecule has 0 aliphatic heterocycles. The summed E-state index contributed by atoms with van der Waals surface area (Å²) < 4.78 is 0. The molecule has 1 unspecified atom stereocenters. The van der Waals surface area contributed by atoms with Crippen molar-refractivity contribution < 1.29 is 5.11 Å². The van der Waals surface area contributed by atoms with Crippen LogP contribution in [-0.4, -0.2) is 18.3 Å². The van der Waals surface area contributed by atoms with Gasteiger partial charge in [-0.25, -0.2) is 0 Å². The number of hydrogen-bond donors (Lipinski definition) is 3. The fourth-order valence-corrected chi connectivity index (χ4v) is 1.44. The van der Waals surface area contributed by atoms with Crippen LogP contribution in [0.1, 0.15) is 18.9 Å². The van der Waals surface area contributed by atoms with Crippen molar-refractivity contribution >= 4 is 11.4 Å². The third kappa shape index (κ3) is 3.80. The van der Waals surface area contributed by atoms with Crippen molar-refractivity contribution in [3.8, 4) is 0 Å². The molecule has 0 bridgehead atoms. The molecule has 0 spiro atoms. The Hall–Kier alpha value is -1.22. The predicted molar refractivity (Wildman–Crippen MR) is 64.9 cm³/mol. The molecule has 0 fully saturated rings. The van der Waals surface area contributed by atoms with Crippen molar-refractivity contribution in [3.63, 3.8) is 0 Å². The number of hydrogen-bond acceptors (Lipinski definition) is 3. The molecule has 84 valence electrons. The minimum Gasteiger partial charge on any atom is -0.399 e. The van der Waals surface area contributed by atoms with Crippen LogP contribution in [0.5, 0.6) is 0 Å². The minimum atomic E-state index is 0.249. The summed E-state index contributed by atoms with van der Waals surface area (Å²) in [5.41, 5.74) is 8.77. The summed E-state index contributed by atoms with van der Waals surface area (Å²) in [7, 11) is 0. The second-order valence-electron chi connectivity index (χ2n) is 4.07. The van der Waals surface area contributed by atoms with E-state index >= 15 is 0 Å². The highest BCUT2D eigenvalue weighted by atomic mass is 16.3. The van der Waals surface area contributed by atoms with Crippen molar-refractivity contribution in [2.45, 2.75) is 20.3 Å². The monoisotopic (exact) mass is 208 g/mol. The van der Waals surface area contributed by atoms with Gasteiger partial charge < -0.3 is 16.2 Å². The van der Waals surface area contributed by atoms with Gasteiger partial charge in [-0.15, -0.1) is 0 Å². The second kappa shape index (κ2) is 5.61. The van der Waals surface area contributed by atoms with Crippen LogP contribution in [0, 0.1) is 12.8 Å². The number of anilines is 2. The molecule has 4 N–H and O–H groups in total. The van der Waals surface area contributed by atoms with Crippen LogP contribution >= 0.6 is 0 Å². The number of aliphatic hydroxyl groups excluding tert-OH is 1. The zero-order chi connectivity index (χ0) is 11.3. The highest BCUT2D eigenvalue weighted by Crippen LogP contribution is 2.18. The molecule has 1 aromatic carbocycles. The smallest absolute Gasteiger partial charge is 0.0434 e. The van der Waals surface area contributed by atoms with Crippen LogP contribution in [0.3, 0.4) is 0 Å². The van der Waals surface area contributed by atoms with E-state index in [-0.39, 0.29) is 6.61 Å². The van der Waals surface area contributed by atoms with Crippen LogP contribution in [-0.2, 0) is 0 Å². The molecule has 0 saturated heterocycles. The van der Waals surface area contributed by atoms with Gasteiger partial charge in [-0.05, 0) is 37.0 Å². The van der Waals surface area contributed by atoms with Crippen LogP contribution < -0.4 is 11.1 Å². The van der Waals surface area contributed by atoms with Crippen LogP contribution in [0.15, 0.2) is 18.2 Å². The summed E-state index contributed by atoms with van der Waals surface area (Å²) >= 11 is 0. The van der Waals surface area contributed by atoms with E-state index in [4.69, 9.17) is 10.8 Å². The Kier molecular flexibility index (Phi) is 4.43. The molecule has 0 heterocycles. The number of rotatable bonds is 5. The van der Waals surface area contributed by atoms with Gasteiger partial charge in [-0.3, -0.25) is 0 Å². The molecule has 1 rings (SSSR count). The van der Waals surface area contributed by atoms with E-state index in [0.29, 0.717) is 5.92 Å². The first-order valence-corrected chi connectivity index (χ1v) is 5.34. The Morgan fingerprint density at radius 1 is 1.47 bits per heavy atom. The first-order valence-electron chi connectivity index (χ1n) is 5.34. The third-order valence-electron chi connectivity index (χ3n) is 2.52. The van der Waals surface area contributed by atoms with Gasteiger partial charge in [0.25, 0.3) is 0 Å². The normalized spacial score (nSPS) is 12.5. The van der Waals surface area contributed by atoms with E-state index in [1.54, 1.807) is 0 Å². The summed E-state index contributed by atoms with van der Waals surface area (Å²) in [5, 5.41) is 12.1. The Labute approximate surface area is 91.3 Å². The van der Waals surface area contributed by atoms with Crippen molar-refractivity contribution in [1.82, 2.24) is 0 Å². The summed E-state index contributed by atoms with van der Waals surface area (Å²) in [6.07, 6.45) is 0.828. The number of nitrogen functional groups attached to an aromatic ring is 1. The van der Waals surface area contributed by atoms with Crippen molar-refractivity contribution in [2.75, 3.05) is 24.2 Å². The summed E-state index contributed by atoms with van der Waals surface area (Å²) in [5.74, 6) is 0.468. The standard InChI is InChI=1S/C12H20N2O/c1-9(5-6-15)8-14-12-7-11(13)4-3-10(12)2/h3-4,7,9,14-15H,5-6,8,13H2,1-2H3. The van der Waals surface area contributed by atoms with Gasteiger partial charge in [0.15, 0.2) is 0 Å². The van der Waals surface area contributed by atoms with Gasteiger partial charge >= 0.3 is 0 Å². The zero-order valence-corrected chi connectivity index (χ0v) is 9.46. The number of aliphatic hydroxyl groups is 1. The van der Waals surface area contributed by atoms with Crippen molar-refractivity contribution in [2.24, 2.45) is 5.92 Å².